The largest absolute Gasteiger partial charge is 0.308 e. The molecule has 1 N–H and O–H groups in total. The van der Waals surface area contributed by atoms with Crippen LogP contribution in [0, 0.1) is 0 Å². The lowest BCUT2D eigenvalue weighted by molar-refractivity contribution is 0.423. The summed E-state index contributed by atoms with van der Waals surface area (Å²) in [7, 11) is 0. The third-order valence-corrected chi connectivity index (χ3v) is 3.23. The molecular formula is C17H23N. The lowest BCUT2D eigenvalue weighted by Crippen LogP contribution is -2.35. The summed E-state index contributed by atoms with van der Waals surface area (Å²) in [4.78, 5) is 0. The molecular weight excluding hydrogens is 218 g/mol. The van der Waals surface area contributed by atoms with Gasteiger partial charge >= 0.3 is 0 Å². The van der Waals surface area contributed by atoms with Gasteiger partial charge in [0.2, 0.25) is 0 Å². The Labute approximate surface area is 111 Å². The molecule has 0 aliphatic heterocycles. The van der Waals surface area contributed by atoms with Crippen LogP contribution >= 0.6 is 0 Å². The van der Waals surface area contributed by atoms with Gasteiger partial charge in [-0.2, -0.15) is 0 Å². The zero-order chi connectivity index (χ0) is 13.2. The van der Waals surface area contributed by atoms with Crippen molar-refractivity contribution in [1.29, 1.82) is 0 Å². The van der Waals surface area contributed by atoms with E-state index in [-0.39, 0.29) is 5.54 Å². The van der Waals surface area contributed by atoms with Crippen LogP contribution in [0.1, 0.15) is 44.7 Å². The van der Waals surface area contributed by atoms with Crippen molar-refractivity contribution in [3.8, 4) is 0 Å². The zero-order valence-corrected chi connectivity index (χ0v) is 11.8. The molecule has 96 valence electrons. The maximum atomic E-state index is 3.57. The van der Waals surface area contributed by atoms with E-state index in [1.54, 1.807) is 0 Å². The molecule has 0 saturated carbocycles. The molecule has 1 aliphatic rings. The minimum atomic E-state index is 0.157. The Hall–Kier alpha value is -1.34. The van der Waals surface area contributed by atoms with E-state index in [1.165, 1.54) is 16.7 Å². The second-order valence-corrected chi connectivity index (χ2v) is 6.10. The van der Waals surface area contributed by atoms with E-state index in [4.69, 9.17) is 0 Å². The van der Waals surface area contributed by atoms with Crippen molar-refractivity contribution in [1.82, 2.24) is 5.32 Å². The predicted molar refractivity (Wildman–Crippen MR) is 78.7 cm³/mol. The molecule has 0 spiro atoms. The van der Waals surface area contributed by atoms with E-state index >= 15 is 0 Å². The van der Waals surface area contributed by atoms with Crippen LogP contribution in [-0.4, -0.2) is 5.54 Å². The van der Waals surface area contributed by atoms with Gasteiger partial charge in [0, 0.05) is 18.0 Å². The van der Waals surface area contributed by atoms with E-state index < -0.39 is 0 Å². The van der Waals surface area contributed by atoms with Crippen LogP contribution in [0.15, 0.2) is 48.1 Å². The van der Waals surface area contributed by atoms with Gasteiger partial charge in [0.15, 0.2) is 0 Å². The molecule has 0 amide bonds. The Morgan fingerprint density at radius 3 is 2.50 bits per heavy atom. The molecule has 0 heterocycles. The van der Waals surface area contributed by atoms with Gasteiger partial charge < -0.3 is 5.32 Å². The fourth-order valence-electron chi connectivity index (χ4n) is 2.22. The monoisotopic (exact) mass is 241 g/mol. The van der Waals surface area contributed by atoms with E-state index in [1.807, 2.05) is 0 Å². The van der Waals surface area contributed by atoms with E-state index in [0.717, 1.165) is 6.54 Å². The summed E-state index contributed by atoms with van der Waals surface area (Å²) >= 11 is 0. The van der Waals surface area contributed by atoms with Crippen molar-refractivity contribution in [2.45, 2.75) is 45.7 Å². The van der Waals surface area contributed by atoms with Gasteiger partial charge in [0.1, 0.15) is 0 Å². The van der Waals surface area contributed by atoms with Crippen LogP contribution in [0.3, 0.4) is 0 Å². The van der Waals surface area contributed by atoms with Crippen molar-refractivity contribution in [3.63, 3.8) is 0 Å². The number of hydrogen-bond acceptors (Lipinski definition) is 1. The van der Waals surface area contributed by atoms with Crippen molar-refractivity contribution < 1.29 is 0 Å². The molecule has 1 unspecified atom stereocenters. The molecule has 1 aliphatic carbocycles. The Morgan fingerprint density at radius 2 is 1.89 bits per heavy atom. The maximum absolute atomic E-state index is 3.57. The number of rotatable bonds is 3. The zero-order valence-electron chi connectivity index (χ0n) is 11.8. The van der Waals surface area contributed by atoms with Crippen molar-refractivity contribution in [2.75, 3.05) is 0 Å². The van der Waals surface area contributed by atoms with Crippen LogP contribution in [0.5, 0.6) is 0 Å². The van der Waals surface area contributed by atoms with Crippen molar-refractivity contribution in [2.24, 2.45) is 0 Å². The summed E-state index contributed by atoms with van der Waals surface area (Å²) in [6.07, 6.45) is 6.82. The lowest BCUT2D eigenvalue weighted by atomic mass is 9.94. The molecule has 1 nitrogen and oxygen atoms in total. The van der Waals surface area contributed by atoms with Crippen LogP contribution in [-0.2, 0) is 6.54 Å². The Kier molecular flexibility index (Phi) is 3.72. The summed E-state index contributed by atoms with van der Waals surface area (Å²) in [5, 5.41) is 3.57. The van der Waals surface area contributed by atoms with Crippen molar-refractivity contribution in [3.05, 3.63) is 59.2 Å². The van der Waals surface area contributed by atoms with Crippen LogP contribution in [0.25, 0.3) is 0 Å². The second kappa shape index (κ2) is 5.11. The van der Waals surface area contributed by atoms with Gasteiger partial charge in [-0.1, -0.05) is 48.1 Å². The summed E-state index contributed by atoms with van der Waals surface area (Å²) in [6.45, 7) is 9.70. The molecule has 18 heavy (non-hydrogen) atoms. The van der Waals surface area contributed by atoms with Crippen molar-refractivity contribution >= 4 is 0 Å². The molecule has 0 aromatic heterocycles. The van der Waals surface area contributed by atoms with Crippen LogP contribution < -0.4 is 5.32 Å². The normalized spacial score (nSPS) is 19.1. The van der Waals surface area contributed by atoms with E-state index in [9.17, 15) is 0 Å². The Bertz CT molecular complexity index is 475. The quantitative estimate of drug-likeness (QED) is 0.837. The molecule has 1 aromatic carbocycles. The highest BCUT2D eigenvalue weighted by molar-refractivity contribution is 5.42. The molecule has 0 radical (unpaired) electrons. The van der Waals surface area contributed by atoms with E-state index in [2.05, 4.69) is 75.5 Å². The average molecular weight is 241 g/mol. The Morgan fingerprint density at radius 1 is 1.17 bits per heavy atom. The average Bonchev–Trinajstić information content (AvgIpc) is 2.72. The summed E-state index contributed by atoms with van der Waals surface area (Å²) in [5.41, 5.74) is 4.33. The third-order valence-electron chi connectivity index (χ3n) is 3.23. The summed E-state index contributed by atoms with van der Waals surface area (Å²) in [5.74, 6) is 0.447. The highest BCUT2D eigenvalue weighted by Gasteiger charge is 2.15. The second-order valence-electron chi connectivity index (χ2n) is 6.10. The first-order valence-corrected chi connectivity index (χ1v) is 6.65. The number of allylic oxidation sites excluding steroid dienone is 4. The topological polar surface area (TPSA) is 12.0 Å². The molecule has 0 fully saturated rings. The first kappa shape index (κ1) is 13.1. The van der Waals surface area contributed by atoms with Gasteiger partial charge in [-0.25, -0.2) is 0 Å². The fourth-order valence-corrected chi connectivity index (χ4v) is 2.22. The minimum Gasteiger partial charge on any atom is -0.308 e. The highest BCUT2D eigenvalue weighted by Crippen LogP contribution is 2.28. The summed E-state index contributed by atoms with van der Waals surface area (Å²) < 4.78 is 0. The molecule has 1 atom stereocenters. The van der Waals surface area contributed by atoms with Gasteiger partial charge in [-0.3, -0.25) is 0 Å². The SMILES string of the molecule is CC1=CC(c2ccccc2CNC(C)(C)C)C=C1. The number of hydrogen-bond donors (Lipinski definition) is 1. The van der Waals surface area contributed by atoms with Gasteiger partial charge in [-0.05, 0) is 38.8 Å². The van der Waals surface area contributed by atoms with E-state index in [0.29, 0.717) is 5.92 Å². The highest BCUT2D eigenvalue weighted by atomic mass is 14.9. The number of nitrogens with one attached hydrogen (secondary N) is 1. The van der Waals surface area contributed by atoms with Gasteiger partial charge in [0.25, 0.3) is 0 Å². The minimum absolute atomic E-state index is 0.157. The predicted octanol–water partition coefficient (Wildman–Crippen LogP) is 4.17. The molecule has 0 saturated heterocycles. The standard InChI is InChI=1S/C17H23N/c1-13-9-10-14(11-13)16-8-6-5-7-15(16)12-18-17(2,3)4/h5-11,14,18H,12H2,1-4H3. The maximum Gasteiger partial charge on any atom is 0.0213 e. The third kappa shape index (κ3) is 3.33. The molecule has 2 rings (SSSR count). The molecule has 1 aromatic rings. The first-order chi connectivity index (χ1) is 8.46. The molecule has 0 bridgehead atoms. The summed E-state index contributed by atoms with van der Waals surface area (Å²) in [6, 6.07) is 8.72. The fraction of sp³-hybridized carbons (Fsp3) is 0.412. The van der Waals surface area contributed by atoms with Gasteiger partial charge in [-0.15, -0.1) is 0 Å². The van der Waals surface area contributed by atoms with Crippen LogP contribution in [0.2, 0.25) is 0 Å². The molecule has 1 heteroatoms. The number of benzene rings is 1. The lowest BCUT2D eigenvalue weighted by Gasteiger charge is -2.22. The first-order valence-electron chi connectivity index (χ1n) is 6.65. The van der Waals surface area contributed by atoms with Gasteiger partial charge in [0.05, 0.1) is 0 Å². The van der Waals surface area contributed by atoms with Crippen LogP contribution in [0.4, 0.5) is 0 Å². The Balaban J connectivity index is 2.19. The smallest absolute Gasteiger partial charge is 0.0213 e.